The topological polar surface area (TPSA) is 37.4 Å². The Morgan fingerprint density at radius 2 is 1.76 bits per heavy atom. The molecule has 0 atom stereocenters. The van der Waals surface area contributed by atoms with Crippen LogP contribution in [0.2, 0.25) is 5.02 Å². The highest BCUT2D eigenvalue weighted by Crippen LogP contribution is 2.29. The van der Waals surface area contributed by atoms with Crippen molar-refractivity contribution in [3.8, 4) is 0 Å². The van der Waals surface area contributed by atoms with Crippen LogP contribution in [-0.4, -0.2) is 15.0 Å². The van der Waals surface area contributed by atoms with Gasteiger partial charge in [0, 0.05) is 5.02 Å². The second-order valence-corrected chi connectivity index (χ2v) is 8.04. The summed E-state index contributed by atoms with van der Waals surface area (Å²) < 4.78 is 27.7. The molecule has 0 N–H and O–H groups in total. The number of aryl methyl sites for hydroxylation is 1. The number of anilines is 1. The van der Waals surface area contributed by atoms with Gasteiger partial charge < -0.3 is 0 Å². The minimum atomic E-state index is -3.73. The van der Waals surface area contributed by atoms with E-state index >= 15 is 0 Å². The van der Waals surface area contributed by atoms with Crippen molar-refractivity contribution in [3.05, 3.63) is 83.9 Å². The van der Waals surface area contributed by atoms with Gasteiger partial charge in [-0.25, -0.2) is 8.42 Å². The van der Waals surface area contributed by atoms with E-state index in [1.165, 1.54) is 4.31 Å². The highest BCUT2D eigenvalue weighted by Gasteiger charge is 2.24. The van der Waals surface area contributed by atoms with Gasteiger partial charge in [-0.2, -0.15) is 0 Å². The van der Waals surface area contributed by atoms with Gasteiger partial charge in [-0.1, -0.05) is 54.1 Å². The van der Waals surface area contributed by atoms with Crippen molar-refractivity contribution in [1.29, 1.82) is 0 Å². The summed E-state index contributed by atoms with van der Waals surface area (Å²) in [6.45, 7) is 5.72. The Morgan fingerprint density at radius 1 is 1.04 bits per heavy atom. The maximum Gasteiger partial charge on any atom is 0.264 e. The molecule has 5 heteroatoms. The van der Waals surface area contributed by atoms with Crippen molar-refractivity contribution in [2.75, 3.05) is 10.8 Å². The molecular formula is C20H18ClNO2S. The maximum absolute atomic E-state index is 13.2. The Labute approximate surface area is 153 Å². The van der Waals surface area contributed by atoms with Gasteiger partial charge in [-0.05, 0) is 47.5 Å². The van der Waals surface area contributed by atoms with Gasteiger partial charge in [0.2, 0.25) is 0 Å². The fourth-order valence-corrected chi connectivity index (χ4v) is 4.29. The van der Waals surface area contributed by atoms with E-state index in [-0.39, 0.29) is 11.4 Å². The molecule has 3 nitrogen and oxygen atoms in total. The average Bonchev–Trinajstić information content (AvgIpc) is 2.61. The number of hydrogen-bond acceptors (Lipinski definition) is 2. The number of hydrogen-bond donors (Lipinski definition) is 0. The third-order valence-corrected chi connectivity index (χ3v) is 6.24. The van der Waals surface area contributed by atoms with E-state index in [4.69, 9.17) is 11.6 Å². The first kappa shape index (κ1) is 17.5. The molecule has 0 aliphatic heterocycles. The highest BCUT2D eigenvalue weighted by atomic mass is 35.5. The zero-order chi connectivity index (χ0) is 18.0. The molecule has 0 saturated heterocycles. The smallest absolute Gasteiger partial charge is 0.262 e. The number of rotatable bonds is 5. The Kier molecular flexibility index (Phi) is 4.84. The Morgan fingerprint density at radius 3 is 2.44 bits per heavy atom. The predicted molar refractivity (Wildman–Crippen MR) is 105 cm³/mol. The summed E-state index contributed by atoms with van der Waals surface area (Å²) in [4.78, 5) is 0.241. The van der Waals surface area contributed by atoms with Crippen molar-refractivity contribution in [1.82, 2.24) is 0 Å². The van der Waals surface area contributed by atoms with Crippen LogP contribution in [-0.2, 0) is 10.0 Å². The van der Waals surface area contributed by atoms with Crippen molar-refractivity contribution < 1.29 is 8.42 Å². The molecule has 0 unspecified atom stereocenters. The van der Waals surface area contributed by atoms with Crippen LogP contribution in [0.1, 0.15) is 5.56 Å². The molecule has 0 aliphatic rings. The second kappa shape index (κ2) is 6.90. The first-order valence-electron chi connectivity index (χ1n) is 7.82. The van der Waals surface area contributed by atoms with Crippen molar-refractivity contribution in [3.63, 3.8) is 0 Å². The number of nitrogens with zero attached hydrogens (tertiary/aromatic N) is 1. The van der Waals surface area contributed by atoms with Crippen LogP contribution in [0.25, 0.3) is 10.8 Å². The van der Waals surface area contributed by atoms with Crippen molar-refractivity contribution in [2.45, 2.75) is 11.8 Å². The van der Waals surface area contributed by atoms with Crippen LogP contribution in [0.3, 0.4) is 0 Å². The van der Waals surface area contributed by atoms with Gasteiger partial charge in [0.1, 0.15) is 0 Å². The lowest BCUT2D eigenvalue weighted by molar-refractivity contribution is 0.593. The predicted octanol–water partition coefficient (Wildman–Crippen LogP) is 5.18. The Bertz CT molecular complexity index is 1040. The van der Waals surface area contributed by atoms with E-state index in [1.54, 1.807) is 30.3 Å². The number of halogens is 1. The fourth-order valence-electron chi connectivity index (χ4n) is 2.65. The van der Waals surface area contributed by atoms with E-state index in [2.05, 4.69) is 6.58 Å². The lowest BCUT2D eigenvalue weighted by Crippen LogP contribution is -2.31. The normalized spacial score (nSPS) is 11.4. The van der Waals surface area contributed by atoms with Crippen LogP contribution in [0.5, 0.6) is 0 Å². The largest absolute Gasteiger partial charge is 0.264 e. The zero-order valence-electron chi connectivity index (χ0n) is 13.8. The molecule has 0 aromatic heterocycles. The highest BCUT2D eigenvalue weighted by molar-refractivity contribution is 7.92. The van der Waals surface area contributed by atoms with Crippen LogP contribution in [0.4, 0.5) is 5.69 Å². The molecule has 3 rings (SSSR count). The molecule has 0 fully saturated rings. The monoisotopic (exact) mass is 371 g/mol. The first-order chi connectivity index (χ1) is 11.9. The SMILES string of the molecule is C=CCN(c1ccc(C)c(Cl)c1)S(=O)(=O)c1ccc2ccccc2c1. The molecule has 0 radical (unpaired) electrons. The molecule has 3 aromatic rings. The molecule has 0 spiro atoms. The van der Waals surface area contributed by atoms with Crippen molar-refractivity contribution in [2.24, 2.45) is 0 Å². The third kappa shape index (κ3) is 3.41. The first-order valence-corrected chi connectivity index (χ1v) is 9.64. The van der Waals surface area contributed by atoms with Gasteiger partial charge in [0.25, 0.3) is 10.0 Å². The van der Waals surface area contributed by atoms with E-state index in [9.17, 15) is 8.42 Å². The number of fused-ring (bicyclic) bond motifs is 1. The van der Waals surface area contributed by atoms with E-state index < -0.39 is 10.0 Å². The van der Waals surface area contributed by atoms with Crippen LogP contribution < -0.4 is 4.31 Å². The van der Waals surface area contributed by atoms with Gasteiger partial charge in [-0.15, -0.1) is 6.58 Å². The standard InChI is InChI=1S/C20H18ClNO2S/c1-3-12-22(18-10-8-15(2)20(21)14-18)25(23,24)19-11-9-16-6-4-5-7-17(16)13-19/h3-11,13-14H,1,12H2,2H3. The van der Waals surface area contributed by atoms with Gasteiger partial charge in [0.05, 0.1) is 17.1 Å². The van der Waals surface area contributed by atoms with Crippen LogP contribution >= 0.6 is 11.6 Å². The van der Waals surface area contributed by atoms with E-state index in [0.717, 1.165) is 16.3 Å². The summed E-state index contributed by atoms with van der Waals surface area (Å²) in [6.07, 6.45) is 1.56. The second-order valence-electron chi connectivity index (χ2n) is 5.77. The molecule has 0 heterocycles. The van der Waals surface area contributed by atoms with Gasteiger partial charge in [0.15, 0.2) is 0 Å². The quantitative estimate of drug-likeness (QED) is 0.579. The summed E-state index contributed by atoms with van der Waals surface area (Å²) in [5, 5.41) is 2.40. The summed E-state index contributed by atoms with van der Waals surface area (Å²) in [5.74, 6) is 0. The molecule has 0 saturated carbocycles. The molecular weight excluding hydrogens is 354 g/mol. The summed E-state index contributed by atoms with van der Waals surface area (Å²) in [7, 11) is -3.73. The lowest BCUT2D eigenvalue weighted by Gasteiger charge is -2.24. The molecule has 0 aliphatic carbocycles. The fraction of sp³-hybridized carbons (Fsp3) is 0.100. The lowest BCUT2D eigenvalue weighted by atomic mass is 10.1. The van der Waals surface area contributed by atoms with Gasteiger partial charge in [-0.3, -0.25) is 4.31 Å². The van der Waals surface area contributed by atoms with Crippen LogP contribution in [0.15, 0.2) is 78.2 Å². The Balaban J connectivity index is 2.12. The molecule has 128 valence electrons. The zero-order valence-corrected chi connectivity index (χ0v) is 15.4. The van der Waals surface area contributed by atoms with Crippen molar-refractivity contribution >= 4 is 38.1 Å². The number of benzene rings is 3. The maximum atomic E-state index is 13.2. The minimum Gasteiger partial charge on any atom is -0.262 e. The third-order valence-electron chi connectivity index (χ3n) is 4.05. The Hall–Kier alpha value is -2.30. The van der Waals surface area contributed by atoms with E-state index in [1.807, 2.05) is 43.3 Å². The average molecular weight is 372 g/mol. The molecule has 0 bridgehead atoms. The number of sulfonamides is 1. The molecule has 25 heavy (non-hydrogen) atoms. The summed E-state index contributed by atoms with van der Waals surface area (Å²) in [6, 6.07) is 18.0. The van der Waals surface area contributed by atoms with Gasteiger partial charge >= 0.3 is 0 Å². The molecule has 3 aromatic carbocycles. The minimum absolute atomic E-state index is 0.161. The summed E-state index contributed by atoms with van der Waals surface area (Å²) >= 11 is 6.18. The van der Waals surface area contributed by atoms with Crippen LogP contribution in [0, 0.1) is 6.92 Å². The summed E-state index contributed by atoms with van der Waals surface area (Å²) in [5.41, 5.74) is 1.41. The molecule has 0 amide bonds. The van der Waals surface area contributed by atoms with E-state index in [0.29, 0.717) is 10.7 Å².